The number of hydrogen-bond donors (Lipinski definition) is 1. The van der Waals surface area contributed by atoms with Crippen molar-refractivity contribution in [3.63, 3.8) is 0 Å². The summed E-state index contributed by atoms with van der Waals surface area (Å²) in [6, 6.07) is 7.69. The van der Waals surface area contributed by atoms with Crippen LogP contribution in [0.4, 0.5) is 0 Å². The molecular weight excluding hydrogens is 412 g/mol. The molecule has 0 amide bonds. The zero-order valence-corrected chi connectivity index (χ0v) is 18.4. The van der Waals surface area contributed by atoms with Crippen molar-refractivity contribution in [1.82, 2.24) is 19.1 Å². The van der Waals surface area contributed by atoms with Crippen molar-refractivity contribution >= 4 is 11.0 Å². The highest BCUT2D eigenvalue weighted by molar-refractivity contribution is 5.72. The molecule has 0 atom stereocenters. The second-order valence-corrected chi connectivity index (χ2v) is 8.27. The monoisotopic (exact) mass is 440 g/mol. The summed E-state index contributed by atoms with van der Waals surface area (Å²) in [6.07, 6.45) is 4.79. The predicted molar refractivity (Wildman–Crippen MR) is 121 cm³/mol. The molecule has 9 nitrogen and oxygen atoms in total. The van der Waals surface area contributed by atoms with Crippen LogP contribution in [0.1, 0.15) is 37.7 Å². The minimum absolute atomic E-state index is 0.00383. The van der Waals surface area contributed by atoms with Crippen molar-refractivity contribution in [2.24, 2.45) is 13.0 Å². The van der Waals surface area contributed by atoms with Gasteiger partial charge in [-0.3, -0.25) is 23.7 Å². The van der Waals surface area contributed by atoms with Gasteiger partial charge in [0.1, 0.15) is 11.3 Å². The number of aromatic amines is 1. The number of hydrogen-bond acceptors (Lipinski definition) is 6. The lowest BCUT2D eigenvalue weighted by molar-refractivity contribution is 0.235. The van der Waals surface area contributed by atoms with E-state index in [1.807, 2.05) is 31.2 Å². The smallest absolute Gasteiger partial charge is 0.331 e. The van der Waals surface area contributed by atoms with Crippen LogP contribution in [0.25, 0.3) is 11.0 Å². The molecule has 1 aliphatic carbocycles. The van der Waals surface area contributed by atoms with Crippen LogP contribution in [0.15, 0.2) is 38.6 Å². The van der Waals surface area contributed by atoms with Gasteiger partial charge in [0.2, 0.25) is 0 Å². The summed E-state index contributed by atoms with van der Waals surface area (Å²) in [7, 11) is 1.40. The fourth-order valence-corrected chi connectivity index (χ4v) is 3.72. The number of ether oxygens (including phenoxy) is 2. The summed E-state index contributed by atoms with van der Waals surface area (Å²) in [5.41, 5.74) is -0.678. The molecule has 0 radical (unpaired) electrons. The second kappa shape index (κ2) is 9.42. The van der Waals surface area contributed by atoms with Gasteiger partial charge in [0.25, 0.3) is 17.1 Å². The van der Waals surface area contributed by atoms with E-state index in [-0.39, 0.29) is 23.7 Å². The van der Waals surface area contributed by atoms with E-state index in [1.54, 1.807) is 0 Å². The van der Waals surface area contributed by atoms with Gasteiger partial charge in [-0.25, -0.2) is 4.79 Å². The number of para-hydroxylation sites is 1. The molecule has 1 saturated carbocycles. The molecule has 0 spiro atoms. The first kappa shape index (κ1) is 21.9. The maximum absolute atomic E-state index is 12.7. The lowest BCUT2D eigenvalue weighted by Gasteiger charge is -2.12. The van der Waals surface area contributed by atoms with Crippen LogP contribution in [0.5, 0.6) is 11.8 Å². The molecule has 32 heavy (non-hydrogen) atoms. The van der Waals surface area contributed by atoms with E-state index >= 15 is 0 Å². The molecule has 0 saturated heterocycles. The Morgan fingerprint density at radius 2 is 1.84 bits per heavy atom. The van der Waals surface area contributed by atoms with Gasteiger partial charge in [0.05, 0.1) is 13.2 Å². The van der Waals surface area contributed by atoms with Crippen molar-refractivity contribution in [2.45, 2.75) is 45.6 Å². The number of H-pyrrole nitrogens is 1. The van der Waals surface area contributed by atoms with Crippen molar-refractivity contribution in [1.29, 1.82) is 0 Å². The lowest BCUT2D eigenvalue weighted by Crippen LogP contribution is -2.41. The molecule has 0 unspecified atom stereocenters. The van der Waals surface area contributed by atoms with E-state index in [9.17, 15) is 14.4 Å². The molecule has 2 heterocycles. The first-order chi connectivity index (χ1) is 15.5. The molecule has 3 aromatic rings. The Morgan fingerprint density at radius 1 is 1.09 bits per heavy atom. The van der Waals surface area contributed by atoms with Crippen molar-refractivity contribution in [2.75, 3.05) is 13.2 Å². The Balaban J connectivity index is 1.47. The Hall–Kier alpha value is -3.36. The Bertz CT molecular complexity index is 1290. The van der Waals surface area contributed by atoms with Crippen LogP contribution in [-0.2, 0) is 13.6 Å². The van der Waals surface area contributed by atoms with E-state index in [4.69, 9.17) is 9.47 Å². The highest BCUT2D eigenvalue weighted by Gasteiger charge is 2.21. The third kappa shape index (κ3) is 4.76. The number of aryl methyl sites for hydroxylation is 2. The van der Waals surface area contributed by atoms with E-state index in [0.717, 1.165) is 34.6 Å². The van der Waals surface area contributed by atoms with Crippen LogP contribution in [-0.4, -0.2) is 32.3 Å². The maximum atomic E-state index is 12.7. The molecule has 1 aliphatic rings. The number of nitrogens with zero attached hydrogens (tertiary/aromatic N) is 3. The van der Waals surface area contributed by atoms with Crippen LogP contribution in [0.2, 0.25) is 0 Å². The van der Waals surface area contributed by atoms with Crippen LogP contribution in [0.3, 0.4) is 0 Å². The van der Waals surface area contributed by atoms with Gasteiger partial charge < -0.3 is 9.47 Å². The summed E-state index contributed by atoms with van der Waals surface area (Å²) in [5, 5.41) is 0. The molecule has 170 valence electrons. The van der Waals surface area contributed by atoms with E-state index in [2.05, 4.69) is 9.97 Å². The van der Waals surface area contributed by atoms with Crippen molar-refractivity contribution in [3.05, 3.63) is 61.0 Å². The van der Waals surface area contributed by atoms with Crippen molar-refractivity contribution in [3.8, 4) is 11.8 Å². The third-order valence-electron chi connectivity index (χ3n) is 5.74. The van der Waals surface area contributed by atoms with Crippen LogP contribution >= 0.6 is 0 Å². The molecule has 1 aromatic carbocycles. The van der Waals surface area contributed by atoms with Crippen LogP contribution < -0.4 is 26.3 Å². The second-order valence-electron chi connectivity index (χ2n) is 8.27. The Labute approximate surface area is 184 Å². The summed E-state index contributed by atoms with van der Waals surface area (Å²) >= 11 is 0. The summed E-state index contributed by atoms with van der Waals surface area (Å²) in [6.45, 7) is 3.04. The van der Waals surface area contributed by atoms with E-state index in [0.29, 0.717) is 19.6 Å². The minimum Gasteiger partial charge on any atom is -0.493 e. The number of benzene rings is 1. The molecule has 1 N–H and O–H groups in total. The van der Waals surface area contributed by atoms with E-state index in [1.165, 1.54) is 24.5 Å². The van der Waals surface area contributed by atoms with Gasteiger partial charge in [-0.1, -0.05) is 31.0 Å². The average molecular weight is 441 g/mol. The summed E-state index contributed by atoms with van der Waals surface area (Å²) in [5.74, 6) is 1.53. The van der Waals surface area contributed by atoms with Gasteiger partial charge >= 0.3 is 5.69 Å². The highest BCUT2D eigenvalue weighted by Crippen LogP contribution is 2.33. The van der Waals surface area contributed by atoms with Gasteiger partial charge in [0, 0.05) is 20.0 Å². The SMILES string of the molecule is Cc1ccccc1OCCCOc1nc2c(=O)n(C)c(=O)n(CCCC3CC3)c2c(=O)[nH]1. The van der Waals surface area contributed by atoms with E-state index < -0.39 is 16.8 Å². The van der Waals surface area contributed by atoms with Crippen molar-refractivity contribution < 1.29 is 9.47 Å². The first-order valence-corrected chi connectivity index (χ1v) is 11.0. The molecule has 1 fully saturated rings. The fraction of sp³-hybridized carbons (Fsp3) is 0.478. The predicted octanol–water partition coefficient (Wildman–Crippen LogP) is 2.13. The Kier molecular flexibility index (Phi) is 6.43. The zero-order chi connectivity index (χ0) is 22.7. The molecule has 0 bridgehead atoms. The molecule has 9 heteroatoms. The molecule has 4 rings (SSSR count). The minimum atomic E-state index is -0.609. The summed E-state index contributed by atoms with van der Waals surface area (Å²) in [4.78, 5) is 44.8. The fourth-order valence-electron chi connectivity index (χ4n) is 3.72. The molecular formula is C23H28N4O5. The van der Waals surface area contributed by atoms with Crippen LogP contribution in [0, 0.1) is 12.8 Å². The number of aromatic nitrogens is 4. The topological polar surface area (TPSA) is 108 Å². The average Bonchev–Trinajstić information content (AvgIpc) is 3.60. The van der Waals surface area contributed by atoms with Gasteiger partial charge in [-0.2, -0.15) is 4.98 Å². The number of nitrogens with one attached hydrogen (secondary N) is 1. The number of rotatable bonds is 10. The first-order valence-electron chi connectivity index (χ1n) is 11.0. The quantitative estimate of drug-likeness (QED) is 0.484. The molecule has 0 aliphatic heterocycles. The lowest BCUT2D eigenvalue weighted by atomic mass is 10.2. The normalized spacial score (nSPS) is 13.4. The third-order valence-corrected chi connectivity index (χ3v) is 5.74. The van der Waals surface area contributed by atoms with Gasteiger partial charge in [-0.15, -0.1) is 0 Å². The highest BCUT2D eigenvalue weighted by atomic mass is 16.5. The zero-order valence-electron chi connectivity index (χ0n) is 18.4. The Morgan fingerprint density at radius 3 is 2.59 bits per heavy atom. The standard InChI is InChI=1S/C23H28N4O5/c1-15-7-3-4-9-17(15)31-13-6-14-32-22-24-18-19(20(28)25-22)27(12-5-8-16-10-11-16)23(30)26(2)21(18)29/h3-4,7,9,16H,5-6,8,10-14H2,1-2H3,(H,24,25,28). The molecule has 2 aromatic heterocycles. The number of fused-ring (bicyclic) bond motifs is 1. The van der Waals surface area contributed by atoms with Gasteiger partial charge in [-0.05, 0) is 37.3 Å². The maximum Gasteiger partial charge on any atom is 0.331 e. The summed E-state index contributed by atoms with van der Waals surface area (Å²) < 4.78 is 13.6. The largest absolute Gasteiger partial charge is 0.493 e. The van der Waals surface area contributed by atoms with Gasteiger partial charge in [0.15, 0.2) is 5.52 Å².